The molecular weight excluding hydrogens is 297 g/mol. The van der Waals surface area contributed by atoms with Crippen LogP contribution in [0.3, 0.4) is 0 Å². The van der Waals surface area contributed by atoms with Gasteiger partial charge in [0.05, 0.1) is 25.5 Å². The highest BCUT2D eigenvalue weighted by molar-refractivity contribution is 5.90. The molecule has 0 atom stereocenters. The zero-order valence-corrected chi connectivity index (χ0v) is 12.0. The largest absolute Gasteiger partial charge is 0.465 e. The van der Waals surface area contributed by atoms with Gasteiger partial charge in [-0.05, 0) is 17.3 Å². The molecule has 0 N–H and O–H groups in total. The zero-order valence-electron chi connectivity index (χ0n) is 12.0. The minimum atomic E-state index is -0.802. The van der Waals surface area contributed by atoms with E-state index < -0.39 is 17.7 Å². The van der Waals surface area contributed by atoms with Gasteiger partial charge in [0.1, 0.15) is 5.82 Å². The average Bonchev–Trinajstić information content (AvgIpc) is 3.02. The van der Waals surface area contributed by atoms with Crippen LogP contribution in [-0.2, 0) is 9.57 Å². The Hall–Kier alpha value is -2.88. The van der Waals surface area contributed by atoms with Crippen LogP contribution >= 0.6 is 0 Å². The van der Waals surface area contributed by atoms with E-state index in [4.69, 9.17) is 4.84 Å². The van der Waals surface area contributed by atoms with Crippen molar-refractivity contribution in [3.63, 3.8) is 0 Å². The van der Waals surface area contributed by atoms with Gasteiger partial charge in [-0.2, -0.15) is 0 Å². The fourth-order valence-corrected chi connectivity index (χ4v) is 1.54. The number of carbonyl (C=O) groups excluding carboxylic acids is 2. The standard InChI is InChI=1S/C12H12FN5O4/c1-17(22-3)11(19)10-14-16-18(15-10)7-4-5-8(9(13)6-7)12(20)21-2/h4-6H,1-3H3. The van der Waals surface area contributed by atoms with Gasteiger partial charge in [-0.15, -0.1) is 15.0 Å². The molecule has 2 rings (SSSR count). The molecule has 9 nitrogen and oxygen atoms in total. The van der Waals surface area contributed by atoms with E-state index in [1.54, 1.807) is 0 Å². The maximum Gasteiger partial charge on any atom is 0.340 e. The van der Waals surface area contributed by atoms with Crippen LogP contribution in [0.5, 0.6) is 0 Å². The number of hydroxylamine groups is 2. The summed E-state index contributed by atoms with van der Waals surface area (Å²) in [5.41, 5.74) is -0.0291. The third-order valence-corrected chi connectivity index (χ3v) is 2.75. The maximum atomic E-state index is 13.8. The molecule has 1 heterocycles. The first-order chi connectivity index (χ1) is 10.5. The number of aromatic nitrogens is 4. The summed E-state index contributed by atoms with van der Waals surface area (Å²) in [6.07, 6.45) is 0. The Morgan fingerprint density at radius 3 is 2.64 bits per heavy atom. The Morgan fingerprint density at radius 1 is 1.32 bits per heavy atom. The van der Waals surface area contributed by atoms with Crippen molar-refractivity contribution in [2.24, 2.45) is 0 Å². The molecule has 116 valence electrons. The Kier molecular flexibility index (Phi) is 4.41. The molecule has 0 aliphatic rings. The molecule has 0 saturated carbocycles. The lowest BCUT2D eigenvalue weighted by molar-refractivity contribution is -0.0764. The predicted molar refractivity (Wildman–Crippen MR) is 69.6 cm³/mol. The molecule has 0 unspecified atom stereocenters. The van der Waals surface area contributed by atoms with Crippen molar-refractivity contribution in [2.75, 3.05) is 21.3 Å². The monoisotopic (exact) mass is 309 g/mol. The first-order valence-corrected chi connectivity index (χ1v) is 5.98. The van der Waals surface area contributed by atoms with Crippen molar-refractivity contribution >= 4 is 11.9 Å². The lowest BCUT2D eigenvalue weighted by Crippen LogP contribution is -2.26. The number of rotatable bonds is 4. The van der Waals surface area contributed by atoms with Crippen LogP contribution in [0.2, 0.25) is 0 Å². The fraction of sp³-hybridized carbons (Fsp3) is 0.250. The molecule has 0 bridgehead atoms. The van der Waals surface area contributed by atoms with Crippen molar-refractivity contribution < 1.29 is 23.6 Å². The third-order valence-electron chi connectivity index (χ3n) is 2.75. The van der Waals surface area contributed by atoms with Crippen molar-refractivity contribution in [1.82, 2.24) is 25.3 Å². The minimum Gasteiger partial charge on any atom is -0.465 e. The normalized spacial score (nSPS) is 10.4. The van der Waals surface area contributed by atoms with Gasteiger partial charge in [0.2, 0.25) is 0 Å². The number of hydrogen-bond acceptors (Lipinski definition) is 7. The highest BCUT2D eigenvalue weighted by Gasteiger charge is 2.19. The number of hydrogen-bond donors (Lipinski definition) is 0. The van der Waals surface area contributed by atoms with Gasteiger partial charge in [0.15, 0.2) is 0 Å². The first kappa shape index (κ1) is 15.5. The molecule has 2 aromatic rings. The Bertz CT molecular complexity index is 717. The van der Waals surface area contributed by atoms with E-state index >= 15 is 0 Å². The van der Waals surface area contributed by atoms with E-state index in [-0.39, 0.29) is 17.1 Å². The highest BCUT2D eigenvalue weighted by atomic mass is 19.1. The zero-order chi connectivity index (χ0) is 16.3. The minimum absolute atomic E-state index is 0.191. The maximum absolute atomic E-state index is 13.8. The summed E-state index contributed by atoms with van der Waals surface area (Å²) < 4.78 is 18.3. The predicted octanol–water partition coefficient (Wildman–Crippen LogP) is 0.221. The van der Waals surface area contributed by atoms with Crippen LogP contribution in [0.4, 0.5) is 4.39 Å². The molecule has 1 aromatic heterocycles. The number of carbonyl (C=O) groups is 2. The van der Waals surface area contributed by atoms with Crippen molar-refractivity contribution in [2.45, 2.75) is 0 Å². The molecule has 1 amide bonds. The molecule has 0 spiro atoms. The highest BCUT2D eigenvalue weighted by Crippen LogP contribution is 2.14. The molecule has 0 saturated heterocycles. The number of nitrogens with zero attached hydrogens (tertiary/aromatic N) is 5. The quantitative estimate of drug-likeness (QED) is 0.588. The van der Waals surface area contributed by atoms with E-state index in [0.29, 0.717) is 0 Å². The second-order valence-corrected chi connectivity index (χ2v) is 4.04. The van der Waals surface area contributed by atoms with E-state index in [1.165, 1.54) is 26.3 Å². The molecule has 10 heteroatoms. The van der Waals surface area contributed by atoms with Crippen molar-refractivity contribution in [3.8, 4) is 5.69 Å². The lowest BCUT2D eigenvalue weighted by Gasteiger charge is -2.09. The summed E-state index contributed by atoms with van der Waals surface area (Å²) >= 11 is 0. The van der Waals surface area contributed by atoms with Gasteiger partial charge in [-0.1, -0.05) is 0 Å². The van der Waals surface area contributed by atoms with E-state index in [0.717, 1.165) is 23.0 Å². The van der Waals surface area contributed by atoms with Gasteiger partial charge in [-0.25, -0.2) is 14.2 Å². The van der Waals surface area contributed by atoms with Crippen molar-refractivity contribution in [1.29, 1.82) is 0 Å². The summed E-state index contributed by atoms with van der Waals surface area (Å²) in [6.45, 7) is 0. The Morgan fingerprint density at radius 2 is 2.05 bits per heavy atom. The Balaban J connectivity index is 2.30. The van der Waals surface area contributed by atoms with Gasteiger partial charge in [0.25, 0.3) is 5.82 Å². The summed E-state index contributed by atoms with van der Waals surface area (Å²) in [5.74, 6) is -2.43. The van der Waals surface area contributed by atoms with Gasteiger partial charge < -0.3 is 4.74 Å². The number of amides is 1. The van der Waals surface area contributed by atoms with Gasteiger partial charge in [-0.3, -0.25) is 9.63 Å². The summed E-state index contributed by atoms with van der Waals surface area (Å²) in [5, 5.41) is 12.0. The van der Waals surface area contributed by atoms with Crippen molar-refractivity contribution in [3.05, 3.63) is 35.4 Å². The number of benzene rings is 1. The lowest BCUT2D eigenvalue weighted by atomic mass is 10.2. The molecule has 0 radical (unpaired) electrons. The van der Waals surface area contributed by atoms with E-state index in [1.807, 2.05) is 0 Å². The number of ether oxygens (including phenoxy) is 1. The van der Waals surface area contributed by atoms with E-state index in [9.17, 15) is 14.0 Å². The Labute approximate surface area is 124 Å². The SMILES string of the molecule is COC(=O)c1ccc(-n2nnc(C(=O)N(C)OC)n2)cc1F. The molecular formula is C12H12FN5O4. The number of esters is 1. The number of halogens is 1. The average molecular weight is 309 g/mol. The summed E-state index contributed by atoms with van der Waals surface area (Å²) in [4.78, 5) is 28.7. The van der Waals surface area contributed by atoms with Gasteiger partial charge >= 0.3 is 11.9 Å². The molecule has 0 fully saturated rings. The van der Waals surface area contributed by atoms with Gasteiger partial charge in [0, 0.05) is 13.1 Å². The topological polar surface area (TPSA) is 99.4 Å². The number of methoxy groups -OCH3 is 1. The third kappa shape index (κ3) is 2.91. The molecule has 0 aliphatic carbocycles. The van der Waals surface area contributed by atoms with Crippen LogP contribution in [0, 0.1) is 5.82 Å². The van der Waals surface area contributed by atoms with Crippen LogP contribution in [0.25, 0.3) is 5.69 Å². The molecule has 1 aromatic carbocycles. The smallest absolute Gasteiger partial charge is 0.340 e. The second kappa shape index (κ2) is 6.26. The number of tetrazole rings is 1. The van der Waals surface area contributed by atoms with Crippen LogP contribution in [0.1, 0.15) is 21.0 Å². The molecule has 22 heavy (non-hydrogen) atoms. The summed E-state index contributed by atoms with van der Waals surface area (Å²) in [6, 6.07) is 3.65. The van der Waals surface area contributed by atoms with Crippen LogP contribution in [0.15, 0.2) is 18.2 Å². The summed E-state index contributed by atoms with van der Waals surface area (Å²) in [7, 11) is 3.84. The second-order valence-electron chi connectivity index (χ2n) is 4.04. The first-order valence-electron chi connectivity index (χ1n) is 5.98. The van der Waals surface area contributed by atoms with E-state index in [2.05, 4.69) is 20.1 Å². The molecule has 0 aliphatic heterocycles. The fourth-order valence-electron chi connectivity index (χ4n) is 1.54. The van der Waals surface area contributed by atoms with Crippen LogP contribution < -0.4 is 0 Å². The van der Waals surface area contributed by atoms with Crippen LogP contribution in [-0.4, -0.2) is 58.4 Å².